The number of rotatable bonds is 4. The second kappa shape index (κ2) is 5.94. The predicted octanol–water partition coefficient (Wildman–Crippen LogP) is 4.04. The molecule has 0 N–H and O–H groups in total. The fraction of sp³-hybridized carbons (Fsp3) is 0.154. The van der Waals surface area contributed by atoms with Crippen molar-refractivity contribution in [2.24, 2.45) is 0 Å². The van der Waals surface area contributed by atoms with Crippen LogP contribution >= 0.6 is 23.4 Å². The van der Waals surface area contributed by atoms with Gasteiger partial charge in [-0.1, -0.05) is 23.7 Å². The SMILES string of the molecule is CSc1ccccc1OCc1ccnc(Cl)c1. The lowest BCUT2D eigenvalue weighted by atomic mass is 10.3. The van der Waals surface area contributed by atoms with Crippen molar-refractivity contribution in [1.29, 1.82) is 0 Å². The van der Waals surface area contributed by atoms with E-state index in [0.29, 0.717) is 11.8 Å². The average molecular weight is 266 g/mol. The number of halogens is 1. The molecule has 2 rings (SSSR count). The lowest BCUT2D eigenvalue weighted by Gasteiger charge is -2.09. The molecule has 0 saturated heterocycles. The zero-order valence-electron chi connectivity index (χ0n) is 9.39. The summed E-state index contributed by atoms with van der Waals surface area (Å²) >= 11 is 7.48. The highest BCUT2D eigenvalue weighted by Crippen LogP contribution is 2.27. The summed E-state index contributed by atoms with van der Waals surface area (Å²) in [5.74, 6) is 0.896. The lowest BCUT2D eigenvalue weighted by Crippen LogP contribution is -1.96. The van der Waals surface area contributed by atoms with Gasteiger partial charge in [-0.25, -0.2) is 4.98 Å². The molecule has 0 radical (unpaired) electrons. The van der Waals surface area contributed by atoms with Gasteiger partial charge in [-0.05, 0) is 36.1 Å². The molecular weight excluding hydrogens is 254 g/mol. The second-order valence-electron chi connectivity index (χ2n) is 3.43. The minimum atomic E-state index is 0.490. The van der Waals surface area contributed by atoms with Gasteiger partial charge in [-0.15, -0.1) is 11.8 Å². The minimum Gasteiger partial charge on any atom is -0.488 e. The van der Waals surface area contributed by atoms with Gasteiger partial charge in [0.2, 0.25) is 0 Å². The fourth-order valence-electron chi connectivity index (χ4n) is 1.43. The van der Waals surface area contributed by atoms with E-state index in [-0.39, 0.29) is 0 Å². The molecule has 4 heteroatoms. The van der Waals surface area contributed by atoms with Crippen molar-refractivity contribution < 1.29 is 4.74 Å². The topological polar surface area (TPSA) is 22.1 Å². The molecule has 0 atom stereocenters. The maximum atomic E-state index is 5.81. The van der Waals surface area contributed by atoms with Crippen LogP contribution in [0.3, 0.4) is 0 Å². The number of aromatic nitrogens is 1. The molecule has 88 valence electrons. The number of nitrogens with zero attached hydrogens (tertiary/aromatic N) is 1. The van der Waals surface area contributed by atoms with Gasteiger partial charge in [0.15, 0.2) is 0 Å². The number of benzene rings is 1. The van der Waals surface area contributed by atoms with Crippen LogP contribution in [0.1, 0.15) is 5.56 Å². The fourth-order valence-corrected chi connectivity index (χ4v) is 2.17. The number of thioether (sulfide) groups is 1. The third-order valence-electron chi connectivity index (χ3n) is 2.25. The standard InChI is InChI=1S/C13H12ClNOS/c1-17-12-5-3-2-4-11(12)16-9-10-6-7-15-13(14)8-10/h2-8H,9H2,1H3. The Kier molecular flexibility index (Phi) is 4.29. The van der Waals surface area contributed by atoms with Gasteiger partial charge in [-0.2, -0.15) is 0 Å². The monoisotopic (exact) mass is 265 g/mol. The Hall–Kier alpha value is -1.19. The van der Waals surface area contributed by atoms with E-state index in [1.165, 1.54) is 0 Å². The van der Waals surface area contributed by atoms with E-state index < -0.39 is 0 Å². The van der Waals surface area contributed by atoms with Crippen LogP contribution in [0.15, 0.2) is 47.5 Å². The summed E-state index contributed by atoms with van der Waals surface area (Å²) in [7, 11) is 0. The van der Waals surface area contributed by atoms with Crippen molar-refractivity contribution >= 4 is 23.4 Å². The maximum absolute atomic E-state index is 5.81. The molecule has 0 fully saturated rings. The molecule has 0 aliphatic carbocycles. The highest BCUT2D eigenvalue weighted by atomic mass is 35.5. The minimum absolute atomic E-state index is 0.490. The number of pyridine rings is 1. The second-order valence-corrected chi connectivity index (χ2v) is 4.66. The summed E-state index contributed by atoms with van der Waals surface area (Å²) in [6, 6.07) is 11.7. The van der Waals surface area contributed by atoms with E-state index in [2.05, 4.69) is 4.98 Å². The van der Waals surface area contributed by atoms with Crippen LogP contribution in [0.5, 0.6) is 5.75 Å². The summed E-state index contributed by atoms with van der Waals surface area (Å²) in [6.45, 7) is 0.500. The van der Waals surface area contributed by atoms with Crippen LogP contribution in [0.25, 0.3) is 0 Å². The molecule has 0 bridgehead atoms. The Balaban J connectivity index is 2.07. The summed E-state index contributed by atoms with van der Waals surface area (Å²) in [4.78, 5) is 5.07. The molecule has 1 aromatic heterocycles. The number of para-hydroxylation sites is 1. The number of hydrogen-bond acceptors (Lipinski definition) is 3. The third kappa shape index (κ3) is 3.38. The van der Waals surface area contributed by atoms with Crippen molar-refractivity contribution in [3.8, 4) is 5.75 Å². The number of hydrogen-bond donors (Lipinski definition) is 0. The van der Waals surface area contributed by atoms with Gasteiger partial charge in [-0.3, -0.25) is 0 Å². The normalized spacial score (nSPS) is 10.2. The Labute approximate surface area is 110 Å². The van der Waals surface area contributed by atoms with E-state index >= 15 is 0 Å². The summed E-state index contributed by atoms with van der Waals surface area (Å²) in [5, 5.41) is 0.490. The van der Waals surface area contributed by atoms with E-state index in [4.69, 9.17) is 16.3 Å². The molecule has 17 heavy (non-hydrogen) atoms. The molecule has 0 aliphatic heterocycles. The third-order valence-corrected chi connectivity index (χ3v) is 3.24. The van der Waals surface area contributed by atoms with Crippen LogP contribution in [0.4, 0.5) is 0 Å². The molecule has 2 nitrogen and oxygen atoms in total. The highest BCUT2D eigenvalue weighted by molar-refractivity contribution is 7.98. The summed E-state index contributed by atoms with van der Waals surface area (Å²) < 4.78 is 5.76. The smallest absolute Gasteiger partial charge is 0.133 e. The molecule has 2 aromatic rings. The van der Waals surface area contributed by atoms with Crippen molar-refractivity contribution in [2.45, 2.75) is 11.5 Å². The van der Waals surface area contributed by atoms with Crippen molar-refractivity contribution in [1.82, 2.24) is 4.98 Å². The Bertz CT molecular complexity index is 504. The van der Waals surface area contributed by atoms with Gasteiger partial charge >= 0.3 is 0 Å². The zero-order valence-corrected chi connectivity index (χ0v) is 11.0. The highest BCUT2D eigenvalue weighted by Gasteiger charge is 2.02. The molecular formula is C13H12ClNOS. The first-order valence-corrected chi connectivity index (χ1v) is 6.76. The molecule has 0 spiro atoms. The predicted molar refractivity (Wildman–Crippen MR) is 71.8 cm³/mol. The molecule has 0 saturated carbocycles. The van der Waals surface area contributed by atoms with Gasteiger partial charge in [0.25, 0.3) is 0 Å². The van der Waals surface area contributed by atoms with Crippen LogP contribution in [0, 0.1) is 0 Å². The van der Waals surface area contributed by atoms with Gasteiger partial charge in [0.05, 0.1) is 0 Å². The van der Waals surface area contributed by atoms with E-state index in [1.807, 2.05) is 42.7 Å². The Morgan fingerprint density at radius 2 is 2.12 bits per heavy atom. The van der Waals surface area contributed by atoms with Crippen molar-refractivity contribution in [2.75, 3.05) is 6.26 Å². The van der Waals surface area contributed by atoms with Crippen molar-refractivity contribution in [3.63, 3.8) is 0 Å². The molecule has 1 aromatic carbocycles. The molecule has 0 aliphatic rings. The van der Waals surface area contributed by atoms with Gasteiger partial charge in [0, 0.05) is 11.1 Å². The lowest BCUT2D eigenvalue weighted by molar-refractivity contribution is 0.299. The van der Waals surface area contributed by atoms with Crippen LogP contribution in [-0.4, -0.2) is 11.2 Å². The molecule has 0 amide bonds. The number of ether oxygens (including phenoxy) is 1. The molecule has 0 unspecified atom stereocenters. The van der Waals surface area contributed by atoms with E-state index in [1.54, 1.807) is 18.0 Å². The Morgan fingerprint density at radius 1 is 1.29 bits per heavy atom. The average Bonchev–Trinajstić information content (AvgIpc) is 2.37. The Morgan fingerprint density at radius 3 is 2.88 bits per heavy atom. The van der Waals surface area contributed by atoms with E-state index in [9.17, 15) is 0 Å². The molecule has 1 heterocycles. The first-order valence-electron chi connectivity index (χ1n) is 5.16. The van der Waals surface area contributed by atoms with E-state index in [0.717, 1.165) is 16.2 Å². The van der Waals surface area contributed by atoms with Gasteiger partial charge < -0.3 is 4.74 Å². The first kappa shape index (κ1) is 12.3. The van der Waals surface area contributed by atoms with Gasteiger partial charge in [0.1, 0.15) is 17.5 Å². The summed E-state index contributed by atoms with van der Waals surface area (Å²) in [5.41, 5.74) is 1.01. The van der Waals surface area contributed by atoms with Crippen LogP contribution in [-0.2, 0) is 6.61 Å². The maximum Gasteiger partial charge on any atom is 0.133 e. The zero-order chi connectivity index (χ0) is 12.1. The largest absolute Gasteiger partial charge is 0.488 e. The van der Waals surface area contributed by atoms with Crippen LogP contribution < -0.4 is 4.74 Å². The quantitative estimate of drug-likeness (QED) is 0.615. The first-order chi connectivity index (χ1) is 8.29. The summed E-state index contributed by atoms with van der Waals surface area (Å²) in [6.07, 6.45) is 3.72. The van der Waals surface area contributed by atoms with Crippen LogP contribution in [0.2, 0.25) is 5.15 Å². The van der Waals surface area contributed by atoms with Crippen molar-refractivity contribution in [3.05, 3.63) is 53.3 Å².